The number of aliphatic hydroxyl groups excluding tert-OH is 2. The summed E-state index contributed by atoms with van der Waals surface area (Å²) in [5, 5.41) is 22.7. The van der Waals surface area contributed by atoms with Crippen molar-refractivity contribution in [1.29, 1.82) is 0 Å². The largest absolute Gasteiger partial charge is 0.497 e. The van der Waals surface area contributed by atoms with E-state index >= 15 is 0 Å². The van der Waals surface area contributed by atoms with E-state index in [1.165, 1.54) is 88.7 Å². The first-order chi connectivity index (χ1) is 16.8. The fourth-order valence-electron chi connectivity index (χ4n) is 2.76. The molecule has 1 fully saturated rings. The van der Waals surface area contributed by atoms with Crippen LogP contribution in [0.25, 0.3) is 0 Å². The summed E-state index contributed by atoms with van der Waals surface area (Å²) in [6.07, 6.45) is -2.13. The second-order valence-corrected chi connectivity index (χ2v) is 7.22. The molecule has 1 aliphatic heterocycles. The van der Waals surface area contributed by atoms with Crippen molar-refractivity contribution in [3.05, 3.63) is 59.7 Å². The Bertz CT molecular complexity index is 915. The first kappa shape index (κ1) is 27.4. The van der Waals surface area contributed by atoms with Crippen LogP contribution in [0.1, 0.15) is 33.6 Å². The quantitative estimate of drug-likeness (QED) is 0.374. The molecule has 0 unspecified atom stereocenters. The van der Waals surface area contributed by atoms with Crippen LogP contribution in [0, 0.1) is 0 Å². The van der Waals surface area contributed by atoms with Gasteiger partial charge in [-0.2, -0.15) is 0 Å². The van der Waals surface area contributed by atoms with Gasteiger partial charge in [-0.1, -0.05) is 0 Å². The maximum absolute atomic E-state index is 11.9. The van der Waals surface area contributed by atoms with Crippen molar-refractivity contribution in [2.45, 2.75) is 25.0 Å². The molecule has 0 spiro atoms. The van der Waals surface area contributed by atoms with Crippen LogP contribution < -0.4 is 14.8 Å². The number of benzene rings is 2. The van der Waals surface area contributed by atoms with Crippen molar-refractivity contribution >= 4 is 23.9 Å². The number of carbonyl (C=O) groups is 4. The van der Waals surface area contributed by atoms with Crippen molar-refractivity contribution < 1.29 is 48.3 Å². The topological polar surface area (TPSA) is 158 Å². The van der Waals surface area contributed by atoms with Gasteiger partial charge in [-0.25, -0.2) is 19.2 Å². The maximum atomic E-state index is 11.9. The molecular weight excluding hydrogens is 462 g/mol. The number of esters is 4. The average molecular weight is 489 g/mol. The van der Waals surface area contributed by atoms with E-state index in [4.69, 9.17) is 9.47 Å². The molecule has 1 aliphatic rings. The van der Waals surface area contributed by atoms with Gasteiger partial charge in [-0.15, -0.1) is 0 Å². The zero-order valence-corrected chi connectivity index (χ0v) is 19.3. The van der Waals surface area contributed by atoms with Gasteiger partial charge in [0.25, 0.3) is 0 Å². The van der Waals surface area contributed by atoms with Crippen molar-refractivity contribution in [2.24, 2.45) is 0 Å². The summed E-state index contributed by atoms with van der Waals surface area (Å²) < 4.78 is 18.7. The second-order valence-electron chi connectivity index (χ2n) is 7.22. The lowest BCUT2D eigenvalue weighted by molar-refractivity contribution is -0.166. The minimum atomic E-state index is -2.46. The fourth-order valence-corrected chi connectivity index (χ4v) is 2.76. The zero-order chi connectivity index (χ0) is 25.8. The van der Waals surface area contributed by atoms with E-state index in [0.29, 0.717) is 11.5 Å². The molecule has 188 valence electrons. The van der Waals surface area contributed by atoms with Gasteiger partial charge in [0, 0.05) is 0 Å². The summed E-state index contributed by atoms with van der Waals surface area (Å²) in [6, 6.07) is 11.0. The molecule has 2 aromatic carbocycles. The van der Waals surface area contributed by atoms with Gasteiger partial charge >= 0.3 is 23.9 Å². The molecule has 3 N–H and O–H groups in total. The number of rotatable bonds is 7. The average Bonchev–Trinajstić information content (AvgIpc) is 3.48. The number of methoxy groups -OCH3 is 2. The molecule has 2 aromatic rings. The van der Waals surface area contributed by atoms with Crippen molar-refractivity contribution in [3.8, 4) is 11.5 Å². The third kappa shape index (κ3) is 8.49. The first-order valence-electron chi connectivity index (χ1n) is 10.6. The number of aliphatic hydroxyl groups is 2. The molecule has 11 nitrogen and oxygen atoms in total. The van der Waals surface area contributed by atoms with Crippen LogP contribution in [0.3, 0.4) is 0 Å². The minimum Gasteiger partial charge on any atom is -0.497 e. The molecule has 35 heavy (non-hydrogen) atoms. The molecule has 3 rings (SSSR count). The highest BCUT2D eigenvalue weighted by atomic mass is 16.6. The fraction of sp³-hybridized carbons (Fsp3) is 0.333. The highest BCUT2D eigenvalue weighted by Gasteiger charge is 2.35. The third-order valence-electron chi connectivity index (χ3n) is 4.78. The van der Waals surface area contributed by atoms with Gasteiger partial charge in [0.2, 0.25) is 0 Å². The number of carbonyl (C=O) groups excluding carboxylic acids is 4. The van der Waals surface area contributed by atoms with Gasteiger partial charge in [0.05, 0.1) is 25.3 Å². The van der Waals surface area contributed by atoms with E-state index in [-0.39, 0.29) is 11.1 Å². The lowest BCUT2D eigenvalue weighted by Crippen LogP contribution is -2.43. The van der Waals surface area contributed by atoms with Crippen LogP contribution in [0.5, 0.6) is 11.5 Å². The Hall–Kier alpha value is -3.80. The zero-order valence-electron chi connectivity index (χ0n) is 19.3. The van der Waals surface area contributed by atoms with E-state index in [1.807, 2.05) is 0 Å². The summed E-state index contributed by atoms with van der Waals surface area (Å²) in [7, 11) is 2.85. The Kier molecular flexibility index (Phi) is 10.8. The smallest absolute Gasteiger partial charge is 0.346 e. The first-order valence-corrected chi connectivity index (χ1v) is 10.6. The van der Waals surface area contributed by atoms with Crippen molar-refractivity contribution in [3.63, 3.8) is 0 Å². The van der Waals surface area contributed by atoms with Gasteiger partial charge in [0.15, 0.2) is 12.2 Å². The van der Waals surface area contributed by atoms with E-state index in [0.717, 1.165) is 0 Å². The molecule has 0 radical (unpaired) electrons. The molecule has 0 amide bonds. The molecule has 11 heteroatoms. The Morgan fingerprint density at radius 3 is 1.29 bits per heavy atom. The molecule has 1 saturated heterocycles. The summed E-state index contributed by atoms with van der Waals surface area (Å²) in [6.45, 7) is 2.50. The molecule has 2 atom stereocenters. The second kappa shape index (κ2) is 13.8. The minimum absolute atomic E-state index is 0.0388. The van der Waals surface area contributed by atoms with Gasteiger partial charge in [-0.05, 0) is 74.5 Å². The summed E-state index contributed by atoms with van der Waals surface area (Å²) in [5.41, 5.74) is -0.0776. The summed E-state index contributed by atoms with van der Waals surface area (Å²) in [5.74, 6) is -4.54. The normalized spacial score (nSPS) is 13.9. The Morgan fingerprint density at radius 2 is 1.03 bits per heavy atom. The number of hydrogen-bond donors (Lipinski definition) is 3. The predicted octanol–water partition coefficient (Wildman–Crippen LogP) is 0.862. The molecular formula is C24H27NO10. The lowest BCUT2D eigenvalue weighted by atomic mass is 10.2. The van der Waals surface area contributed by atoms with Crippen molar-refractivity contribution in [1.82, 2.24) is 5.32 Å². The van der Waals surface area contributed by atoms with Crippen LogP contribution in [-0.2, 0) is 19.1 Å². The molecule has 0 aliphatic carbocycles. The number of nitrogens with one attached hydrogen (secondary N) is 1. The maximum Gasteiger partial charge on any atom is 0.346 e. The summed E-state index contributed by atoms with van der Waals surface area (Å²) in [4.78, 5) is 47.5. The monoisotopic (exact) mass is 489 g/mol. The van der Waals surface area contributed by atoms with Crippen LogP contribution in [0.4, 0.5) is 0 Å². The van der Waals surface area contributed by atoms with Gasteiger partial charge in [-0.3, -0.25) is 0 Å². The van der Waals surface area contributed by atoms with Gasteiger partial charge in [0.1, 0.15) is 11.5 Å². The number of ether oxygens (including phenoxy) is 4. The van der Waals surface area contributed by atoms with Gasteiger partial charge < -0.3 is 34.5 Å². The van der Waals surface area contributed by atoms with Crippen LogP contribution in [-0.4, -0.2) is 73.6 Å². The third-order valence-corrected chi connectivity index (χ3v) is 4.78. The van der Waals surface area contributed by atoms with E-state index in [9.17, 15) is 29.4 Å². The predicted molar refractivity (Wildman–Crippen MR) is 121 cm³/mol. The van der Waals surface area contributed by atoms with Crippen LogP contribution in [0.15, 0.2) is 48.5 Å². The van der Waals surface area contributed by atoms with E-state index in [1.54, 1.807) is 0 Å². The highest BCUT2D eigenvalue weighted by molar-refractivity contribution is 6.01. The summed E-state index contributed by atoms with van der Waals surface area (Å²) >= 11 is 0. The van der Waals surface area contributed by atoms with E-state index in [2.05, 4.69) is 14.8 Å². The Morgan fingerprint density at radius 1 is 0.686 bits per heavy atom. The molecule has 0 saturated carbocycles. The molecule has 0 aromatic heterocycles. The molecule has 1 heterocycles. The van der Waals surface area contributed by atoms with Crippen LogP contribution in [0.2, 0.25) is 0 Å². The highest BCUT2D eigenvalue weighted by Crippen LogP contribution is 2.14. The van der Waals surface area contributed by atoms with E-state index < -0.39 is 36.1 Å². The lowest BCUT2D eigenvalue weighted by Gasteiger charge is -2.14. The molecule has 0 bridgehead atoms. The SMILES string of the molecule is C1CCNC1.COc1ccc(C(=O)OC(=O)[C@@H](O)[C@H](O)C(=O)OC(=O)c2ccc(OC)cc2)cc1. The van der Waals surface area contributed by atoms with Crippen LogP contribution >= 0.6 is 0 Å². The van der Waals surface area contributed by atoms with Crippen molar-refractivity contribution in [2.75, 3.05) is 27.3 Å². The number of hydrogen-bond acceptors (Lipinski definition) is 11. The Labute approximate surface area is 201 Å². The standard InChI is InChI=1S/C20H18O10.C4H9N/c1-27-13-7-3-11(4-8-13)17(23)29-19(25)15(21)16(22)20(26)30-18(24)12-5-9-14(28-2)10-6-12;1-2-4-5-3-1/h3-10,15-16,21-22H,1-2H3;5H,1-4H2/t15-,16-;/m0./s1. The Balaban J connectivity index is 0.000000764.